The van der Waals surface area contributed by atoms with Crippen molar-refractivity contribution in [2.75, 3.05) is 13.2 Å². The monoisotopic (exact) mass is 357 g/mol. The fourth-order valence-corrected chi connectivity index (χ4v) is 3.21. The molecule has 0 spiro atoms. The summed E-state index contributed by atoms with van der Waals surface area (Å²) in [5.74, 6) is -0.156. The van der Waals surface area contributed by atoms with Crippen molar-refractivity contribution < 1.29 is 9.13 Å². The number of ether oxygens (including phenoxy) is 1. The van der Waals surface area contributed by atoms with Gasteiger partial charge in [0.05, 0.1) is 6.10 Å². The van der Waals surface area contributed by atoms with Gasteiger partial charge in [-0.2, -0.15) is 0 Å². The first kappa shape index (κ1) is 16.9. The molecule has 1 aromatic carbocycles. The molecule has 1 atom stereocenters. The van der Waals surface area contributed by atoms with E-state index < -0.39 is 0 Å². The first-order chi connectivity index (χ1) is 10.2. The van der Waals surface area contributed by atoms with Gasteiger partial charge in [-0.15, -0.1) is 0 Å². The maximum atomic E-state index is 13.8. The topological polar surface area (TPSA) is 21.3 Å². The second kappa shape index (κ2) is 8.86. The lowest BCUT2D eigenvalue weighted by molar-refractivity contribution is 0.0271. The molecule has 0 radical (unpaired) electrons. The molecule has 0 heterocycles. The number of benzene rings is 1. The van der Waals surface area contributed by atoms with Crippen molar-refractivity contribution in [2.24, 2.45) is 0 Å². The highest BCUT2D eigenvalue weighted by Crippen LogP contribution is 2.22. The molecule has 1 aliphatic carbocycles. The van der Waals surface area contributed by atoms with Gasteiger partial charge in [-0.1, -0.05) is 35.2 Å². The van der Waals surface area contributed by atoms with Crippen LogP contribution in [0.4, 0.5) is 4.39 Å². The molecule has 1 aliphatic rings. The third-order valence-corrected chi connectivity index (χ3v) is 4.60. The number of hydrogen-bond donors (Lipinski definition) is 1. The minimum Gasteiger partial charge on any atom is -0.378 e. The van der Waals surface area contributed by atoms with Gasteiger partial charge in [0.15, 0.2) is 0 Å². The Morgan fingerprint density at radius 2 is 2.10 bits per heavy atom. The SMILES string of the molecule is CC(NCCCOC1CCCCC1)c1cc(Br)ccc1F. The highest BCUT2D eigenvalue weighted by atomic mass is 79.9. The van der Waals surface area contributed by atoms with Gasteiger partial charge < -0.3 is 10.1 Å². The molecule has 0 amide bonds. The highest BCUT2D eigenvalue weighted by Gasteiger charge is 2.13. The van der Waals surface area contributed by atoms with E-state index in [1.165, 1.54) is 38.2 Å². The Kier molecular flexibility index (Phi) is 7.14. The van der Waals surface area contributed by atoms with Crippen molar-refractivity contribution in [3.05, 3.63) is 34.1 Å². The normalized spacial score (nSPS) is 17.9. The van der Waals surface area contributed by atoms with Crippen LogP contribution in [-0.4, -0.2) is 19.3 Å². The molecule has 0 aromatic heterocycles. The van der Waals surface area contributed by atoms with Gasteiger partial charge in [0.2, 0.25) is 0 Å². The lowest BCUT2D eigenvalue weighted by atomic mass is 9.98. The zero-order chi connectivity index (χ0) is 15.1. The van der Waals surface area contributed by atoms with Crippen LogP contribution in [0.2, 0.25) is 0 Å². The van der Waals surface area contributed by atoms with E-state index >= 15 is 0 Å². The third kappa shape index (κ3) is 5.68. The second-order valence-corrected chi connectivity index (χ2v) is 6.74. The number of hydrogen-bond acceptors (Lipinski definition) is 2. The van der Waals surface area contributed by atoms with Crippen molar-refractivity contribution >= 4 is 15.9 Å². The lowest BCUT2D eigenvalue weighted by Gasteiger charge is -2.22. The summed E-state index contributed by atoms with van der Waals surface area (Å²) < 4.78 is 20.6. The van der Waals surface area contributed by atoms with Gasteiger partial charge in [0.25, 0.3) is 0 Å². The van der Waals surface area contributed by atoms with Crippen LogP contribution in [0.15, 0.2) is 22.7 Å². The van der Waals surface area contributed by atoms with Crippen molar-refractivity contribution in [3.63, 3.8) is 0 Å². The molecule has 1 unspecified atom stereocenters. The molecule has 1 saturated carbocycles. The predicted octanol–water partition coefficient (Wildman–Crippen LogP) is 4.98. The van der Waals surface area contributed by atoms with Crippen molar-refractivity contribution in [1.29, 1.82) is 0 Å². The number of halogens is 2. The van der Waals surface area contributed by atoms with E-state index in [9.17, 15) is 4.39 Å². The maximum absolute atomic E-state index is 13.8. The summed E-state index contributed by atoms with van der Waals surface area (Å²) in [6, 6.07) is 5.08. The molecule has 0 saturated heterocycles. The first-order valence-electron chi connectivity index (χ1n) is 7.97. The van der Waals surface area contributed by atoms with Crippen LogP contribution in [0.3, 0.4) is 0 Å². The summed E-state index contributed by atoms with van der Waals surface area (Å²) in [6.07, 6.45) is 7.84. The van der Waals surface area contributed by atoms with Gasteiger partial charge in [-0.05, 0) is 50.9 Å². The zero-order valence-electron chi connectivity index (χ0n) is 12.7. The molecule has 21 heavy (non-hydrogen) atoms. The molecule has 0 aliphatic heterocycles. The maximum Gasteiger partial charge on any atom is 0.128 e. The van der Waals surface area contributed by atoms with Crippen molar-refractivity contribution in [3.8, 4) is 0 Å². The van der Waals surface area contributed by atoms with Crippen LogP contribution in [-0.2, 0) is 4.74 Å². The molecule has 4 heteroatoms. The highest BCUT2D eigenvalue weighted by molar-refractivity contribution is 9.10. The Balaban J connectivity index is 1.64. The Morgan fingerprint density at radius 1 is 1.33 bits per heavy atom. The second-order valence-electron chi connectivity index (χ2n) is 5.83. The van der Waals surface area contributed by atoms with Crippen LogP contribution in [0, 0.1) is 5.82 Å². The van der Waals surface area contributed by atoms with E-state index in [0.29, 0.717) is 11.7 Å². The van der Waals surface area contributed by atoms with Gasteiger partial charge in [0.1, 0.15) is 5.82 Å². The molecule has 2 rings (SSSR count). The summed E-state index contributed by atoms with van der Waals surface area (Å²) in [7, 11) is 0. The van der Waals surface area contributed by atoms with Crippen LogP contribution in [0.25, 0.3) is 0 Å². The molecular formula is C17H25BrFNO. The Hall–Kier alpha value is -0.450. The lowest BCUT2D eigenvalue weighted by Crippen LogP contribution is -2.23. The fraction of sp³-hybridized carbons (Fsp3) is 0.647. The van der Waals surface area contributed by atoms with E-state index in [-0.39, 0.29) is 11.9 Å². The van der Waals surface area contributed by atoms with Gasteiger partial charge in [0, 0.05) is 22.7 Å². The standard InChI is InChI=1S/C17H25BrFNO/c1-13(16-12-14(18)8-9-17(16)19)20-10-5-11-21-15-6-3-2-4-7-15/h8-9,12-13,15,20H,2-7,10-11H2,1H3. The van der Waals surface area contributed by atoms with Crippen molar-refractivity contribution in [2.45, 2.75) is 57.6 Å². The Bertz CT molecular complexity index is 435. The average molecular weight is 358 g/mol. The van der Waals surface area contributed by atoms with Crippen molar-refractivity contribution in [1.82, 2.24) is 5.32 Å². The van der Waals surface area contributed by atoms with Gasteiger partial charge in [-0.3, -0.25) is 0 Å². The van der Waals surface area contributed by atoms with E-state index in [1.54, 1.807) is 6.07 Å². The van der Waals surface area contributed by atoms with E-state index in [4.69, 9.17) is 4.74 Å². The van der Waals surface area contributed by atoms with E-state index in [1.807, 2.05) is 13.0 Å². The number of nitrogens with one attached hydrogen (secondary N) is 1. The molecule has 1 aromatic rings. The smallest absolute Gasteiger partial charge is 0.128 e. The van der Waals surface area contributed by atoms with E-state index in [2.05, 4.69) is 21.2 Å². The summed E-state index contributed by atoms with van der Waals surface area (Å²) >= 11 is 3.39. The van der Waals surface area contributed by atoms with Crippen LogP contribution < -0.4 is 5.32 Å². The third-order valence-electron chi connectivity index (χ3n) is 4.10. The Labute approximate surface area is 135 Å². The van der Waals surface area contributed by atoms with Crippen LogP contribution >= 0.6 is 15.9 Å². The largest absolute Gasteiger partial charge is 0.378 e. The van der Waals surface area contributed by atoms with Crippen LogP contribution in [0.5, 0.6) is 0 Å². The molecule has 1 N–H and O–H groups in total. The quantitative estimate of drug-likeness (QED) is 0.695. The minimum absolute atomic E-state index is 0.0113. The van der Waals surface area contributed by atoms with Gasteiger partial charge in [-0.25, -0.2) is 4.39 Å². The first-order valence-corrected chi connectivity index (χ1v) is 8.76. The Morgan fingerprint density at radius 3 is 2.86 bits per heavy atom. The number of rotatable bonds is 7. The van der Waals surface area contributed by atoms with E-state index in [0.717, 1.165) is 24.0 Å². The predicted molar refractivity (Wildman–Crippen MR) is 88.0 cm³/mol. The van der Waals surface area contributed by atoms with Crippen LogP contribution in [0.1, 0.15) is 57.1 Å². The summed E-state index contributed by atoms with van der Waals surface area (Å²) in [6.45, 7) is 3.64. The zero-order valence-corrected chi connectivity index (χ0v) is 14.3. The average Bonchev–Trinajstić information content (AvgIpc) is 2.50. The molecule has 118 valence electrons. The minimum atomic E-state index is -0.156. The molecule has 0 bridgehead atoms. The molecule has 2 nitrogen and oxygen atoms in total. The fourth-order valence-electron chi connectivity index (χ4n) is 2.83. The van der Waals surface area contributed by atoms with Gasteiger partial charge >= 0.3 is 0 Å². The molecular weight excluding hydrogens is 333 g/mol. The summed E-state index contributed by atoms with van der Waals surface area (Å²) in [5, 5.41) is 3.36. The summed E-state index contributed by atoms with van der Waals surface area (Å²) in [5.41, 5.74) is 0.706. The molecule has 1 fully saturated rings. The summed E-state index contributed by atoms with van der Waals surface area (Å²) in [4.78, 5) is 0.